The Labute approximate surface area is 212 Å². The van der Waals surface area contributed by atoms with Gasteiger partial charge in [-0.1, -0.05) is 31.5 Å². The van der Waals surface area contributed by atoms with Crippen molar-refractivity contribution in [3.05, 3.63) is 77.7 Å². The van der Waals surface area contributed by atoms with Crippen molar-refractivity contribution < 1.29 is 23.8 Å². The maximum atomic E-state index is 14.9. The lowest BCUT2D eigenvalue weighted by Crippen LogP contribution is -2.87. The first-order chi connectivity index (χ1) is 17.8. The van der Waals surface area contributed by atoms with E-state index >= 15 is 0 Å². The molecule has 12 heteroatoms. The molecule has 2 amide bonds. The summed E-state index contributed by atoms with van der Waals surface area (Å²) in [4.78, 5) is 36.4. The summed E-state index contributed by atoms with van der Waals surface area (Å²) >= 11 is 0. The van der Waals surface area contributed by atoms with E-state index in [4.69, 9.17) is 0 Å². The zero-order valence-corrected chi connectivity index (χ0v) is 20.5. The van der Waals surface area contributed by atoms with Crippen molar-refractivity contribution in [1.29, 1.82) is 0 Å². The minimum Gasteiger partial charge on any atom is -0.339 e. The molecule has 3 aromatic heterocycles. The van der Waals surface area contributed by atoms with Gasteiger partial charge in [0.2, 0.25) is 17.8 Å². The number of imidazole rings is 1. The van der Waals surface area contributed by atoms with Gasteiger partial charge in [-0.3, -0.25) is 15.0 Å². The van der Waals surface area contributed by atoms with Gasteiger partial charge in [0.05, 0.1) is 36.1 Å². The minimum atomic E-state index is -1.33. The number of carbonyl (C=O) groups is 2. The average molecular weight is 512 g/mol. The van der Waals surface area contributed by atoms with Gasteiger partial charge in [-0.2, -0.15) is 4.39 Å². The highest BCUT2D eigenvalue weighted by molar-refractivity contribution is 5.89. The van der Waals surface area contributed by atoms with E-state index in [0.29, 0.717) is 17.1 Å². The number of hydrogen-bond acceptors (Lipinski definition) is 6. The van der Waals surface area contributed by atoms with Crippen LogP contribution < -0.4 is 21.7 Å². The van der Waals surface area contributed by atoms with E-state index in [-0.39, 0.29) is 36.9 Å². The van der Waals surface area contributed by atoms with Gasteiger partial charge >= 0.3 is 0 Å². The van der Waals surface area contributed by atoms with Crippen molar-refractivity contribution >= 4 is 17.3 Å². The first-order valence-electron chi connectivity index (χ1n) is 12.2. The van der Waals surface area contributed by atoms with Crippen molar-refractivity contribution in [2.45, 2.75) is 50.9 Å². The maximum absolute atomic E-state index is 14.9. The number of nitrogens with zero attached hydrogens (tertiary/aromatic N) is 4. The fourth-order valence-corrected chi connectivity index (χ4v) is 4.73. The molecule has 0 radical (unpaired) electrons. The predicted molar refractivity (Wildman–Crippen MR) is 129 cm³/mol. The SMILES string of the molecule is CC(C)c1ccc(C(NC(=O)[C@@H]2C[C@@H](F)CN2C(=O)CC2=C[NH2+]NN2)c2ncc3ccccn23)nc1F. The summed E-state index contributed by atoms with van der Waals surface area (Å²) in [5.74, 6) is -1.21. The second-order valence-corrected chi connectivity index (χ2v) is 9.52. The van der Waals surface area contributed by atoms with Crippen LogP contribution in [0.1, 0.15) is 55.7 Å². The van der Waals surface area contributed by atoms with Gasteiger partial charge in [-0.15, -0.1) is 0 Å². The van der Waals surface area contributed by atoms with Gasteiger partial charge in [-0.25, -0.2) is 19.8 Å². The first kappa shape index (κ1) is 24.8. The van der Waals surface area contributed by atoms with Crippen LogP contribution in [0.4, 0.5) is 8.78 Å². The van der Waals surface area contributed by atoms with E-state index in [1.54, 1.807) is 40.6 Å². The van der Waals surface area contributed by atoms with Crippen LogP contribution in [-0.4, -0.2) is 49.8 Å². The van der Waals surface area contributed by atoms with Crippen LogP contribution in [0.2, 0.25) is 0 Å². The number of hydrazine groups is 1. The van der Waals surface area contributed by atoms with Gasteiger partial charge in [0.15, 0.2) is 0 Å². The van der Waals surface area contributed by atoms with E-state index < -0.39 is 30.1 Å². The zero-order valence-electron chi connectivity index (χ0n) is 20.5. The number of aromatic nitrogens is 3. The van der Waals surface area contributed by atoms with Gasteiger partial charge in [-0.05, 0) is 24.1 Å². The van der Waals surface area contributed by atoms with E-state index in [1.807, 2.05) is 32.0 Å². The number of carbonyl (C=O) groups excluding carboxylic acids is 2. The number of quaternary nitrogens is 1. The number of fused-ring (bicyclic) bond motifs is 1. The quantitative estimate of drug-likeness (QED) is 0.277. The van der Waals surface area contributed by atoms with Gasteiger partial charge in [0.1, 0.15) is 30.3 Å². The lowest BCUT2D eigenvalue weighted by molar-refractivity contribution is -0.646. The number of halogens is 2. The van der Waals surface area contributed by atoms with Crippen LogP contribution in [0.25, 0.3) is 5.52 Å². The van der Waals surface area contributed by atoms with Gasteiger partial charge in [0.25, 0.3) is 0 Å². The summed E-state index contributed by atoms with van der Waals surface area (Å²) in [7, 11) is 0. The number of amides is 2. The Hall–Kier alpha value is -3.90. The van der Waals surface area contributed by atoms with Crippen molar-refractivity contribution in [2.24, 2.45) is 0 Å². The Balaban J connectivity index is 1.46. The molecule has 2 aliphatic heterocycles. The fraction of sp³-hybridized carbons (Fsp3) is 0.360. The van der Waals surface area contributed by atoms with E-state index in [1.165, 1.54) is 4.90 Å². The first-order valence-corrected chi connectivity index (χ1v) is 12.2. The molecule has 0 spiro atoms. The molecular formula is C25H29F2N8O2+. The van der Waals surface area contributed by atoms with Crippen molar-refractivity contribution in [1.82, 2.24) is 35.5 Å². The minimum absolute atomic E-state index is 0.00223. The molecule has 5 heterocycles. The van der Waals surface area contributed by atoms with Crippen LogP contribution in [0, 0.1) is 5.95 Å². The lowest BCUT2D eigenvalue weighted by atomic mass is 10.0. The monoisotopic (exact) mass is 511 g/mol. The van der Waals surface area contributed by atoms with Crippen molar-refractivity contribution in [3.63, 3.8) is 0 Å². The number of hydrogen-bond donors (Lipinski definition) is 4. The number of rotatable bonds is 7. The van der Waals surface area contributed by atoms with Gasteiger partial charge < -0.3 is 14.6 Å². The molecule has 1 fully saturated rings. The highest BCUT2D eigenvalue weighted by atomic mass is 19.1. The molecule has 3 atom stereocenters. The number of pyridine rings is 2. The van der Waals surface area contributed by atoms with E-state index in [0.717, 1.165) is 5.52 Å². The van der Waals surface area contributed by atoms with Crippen molar-refractivity contribution in [3.8, 4) is 0 Å². The smallest absolute Gasteiger partial charge is 0.243 e. The largest absolute Gasteiger partial charge is 0.339 e. The Kier molecular flexibility index (Phi) is 6.85. The standard InChI is InChI=1S/C25H28F2N8O2/c1-14(2)18-6-7-19(30-23(18)27)22(24-28-12-17-5-3-4-8-34(17)24)31-25(37)20-9-15(26)13-35(20)21(36)10-16-11-29-33-32-16/h3-8,11-12,14-15,20,22,29,32-33H,9-10,13H2,1-2H3,(H,31,37)/p+1/t15-,20+,22?/m1/s1. The van der Waals surface area contributed by atoms with E-state index in [9.17, 15) is 18.4 Å². The molecule has 194 valence electrons. The molecule has 0 aromatic carbocycles. The summed E-state index contributed by atoms with van der Waals surface area (Å²) in [6, 6.07) is 6.88. The highest BCUT2D eigenvalue weighted by Gasteiger charge is 2.41. The molecular weight excluding hydrogens is 482 g/mol. The van der Waals surface area contributed by atoms with Crippen LogP contribution in [0.5, 0.6) is 0 Å². The molecule has 1 saturated heterocycles. The lowest BCUT2D eigenvalue weighted by Gasteiger charge is -2.26. The summed E-state index contributed by atoms with van der Waals surface area (Å²) in [6.07, 6.45) is 3.67. The summed E-state index contributed by atoms with van der Waals surface area (Å²) < 4.78 is 31.1. The molecule has 0 saturated carbocycles. The number of alkyl halides is 1. The number of likely N-dealkylation sites (tertiary alicyclic amines) is 1. The normalized spacial score (nSPS) is 20.2. The fourth-order valence-electron chi connectivity index (χ4n) is 4.73. The predicted octanol–water partition coefficient (Wildman–Crippen LogP) is 0.954. The Morgan fingerprint density at radius 1 is 1.27 bits per heavy atom. The van der Waals surface area contributed by atoms with Gasteiger partial charge in [0, 0.05) is 18.2 Å². The Bertz CT molecular complexity index is 1360. The molecule has 1 unspecified atom stereocenters. The molecule has 3 aromatic rings. The molecule has 5 N–H and O–H groups in total. The third-order valence-corrected chi connectivity index (χ3v) is 6.64. The molecule has 0 bridgehead atoms. The van der Waals surface area contributed by atoms with E-state index in [2.05, 4.69) is 26.2 Å². The van der Waals surface area contributed by atoms with Crippen molar-refractivity contribution in [2.75, 3.05) is 6.54 Å². The Morgan fingerprint density at radius 3 is 2.84 bits per heavy atom. The maximum Gasteiger partial charge on any atom is 0.243 e. The van der Waals surface area contributed by atoms with Crippen LogP contribution in [0.15, 0.2) is 54.6 Å². The second kappa shape index (κ2) is 10.2. The highest BCUT2D eigenvalue weighted by Crippen LogP contribution is 2.27. The number of nitrogens with one attached hydrogen (secondary N) is 3. The summed E-state index contributed by atoms with van der Waals surface area (Å²) in [5.41, 5.74) is 9.35. The summed E-state index contributed by atoms with van der Waals surface area (Å²) in [6.45, 7) is 3.56. The summed E-state index contributed by atoms with van der Waals surface area (Å²) in [5, 5.41) is 2.88. The third-order valence-electron chi connectivity index (χ3n) is 6.64. The topological polar surface area (TPSA) is 120 Å². The van der Waals surface area contributed by atoms with Crippen LogP contribution in [-0.2, 0) is 9.59 Å². The number of nitrogens with two attached hydrogens (primary N) is 1. The molecule has 0 aliphatic carbocycles. The average Bonchev–Trinajstić information content (AvgIpc) is 3.62. The van der Waals surface area contributed by atoms with Crippen LogP contribution in [0.3, 0.4) is 0 Å². The third kappa shape index (κ3) is 5.02. The molecule has 37 heavy (non-hydrogen) atoms. The molecule has 2 aliphatic rings. The Morgan fingerprint density at radius 2 is 2.11 bits per heavy atom. The second-order valence-electron chi connectivity index (χ2n) is 9.52. The molecule has 5 rings (SSSR count). The zero-order chi connectivity index (χ0) is 26.1. The van der Waals surface area contributed by atoms with Crippen LogP contribution >= 0.6 is 0 Å². The molecule has 10 nitrogen and oxygen atoms in total.